The van der Waals surface area contributed by atoms with Gasteiger partial charge in [-0.3, -0.25) is 10.1 Å². The van der Waals surface area contributed by atoms with Crippen molar-refractivity contribution >= 4 is 33.7 Å². The molecule has 46 heavy (non-hydrogen) atoms. The van der Waals surface area contributed by atoms with Crippen molar-refractivity contribution in [3.05, 3.63) is 118 Å². The smallest absolute Gasteiger partial charge is 0.409 e. The van der Waals surface area contributed by atoms with Gasteiger partial charge in [-0.1, -0.05) is 59.8 Å². The highest BCUT2D eigenvalue weighted by molar-refractivity contribution is 5.91. The third-order valence-electron chi connectivity index (χ3n) is 8.01. The van der Waals surface area contributed by atoms with Gasteiger partial charge in [0, 0.05) is 36.7 Å². The van der Waals surface area contributed by atoms with Crippen molar-refractivity contribution < 1.29 is 20.1 Å². The number of hydrogen-bond donors (Lipinski definition) is 6. The number of nitrogens with zero attached hydrogens (tertiary/aromatic N) is 3. The summed E-state index contributed by atoms with van der Waals surface area (Å²) in [6.07, 6.45) is 0.638. The monoisotopic (exact) mass is 618 g/mol. The molecule has 0 saturated carbocycles. The Labute approximate surface area is 264 Å². The second-order valence-electron chi connectivity index (χ2n) is 11.2. The number of hydrogen-bond acceptors (Lipinski definition) is 7. The molecule has 11 nitrogen and oxygen atoms in total. The second kappa shape index (κ2) is 13.6. The summed E-state index contributed by atoms with van der Waals surface area (Å²) in [4.78, 5) is 25.7. The topological polar surface area (TPSA) is 165 Å². The Morgan fingerprint density at radius 2 is 1.76 bits per heavy atom. The maximum absolute atomic E-state index is 11.7. The molecule has 234 valence electrons. The van der Waals surface area contributed by atoms with E-state index < -0.39 is 12.2 Å². The zero-order valence-corrected chi connectivity index (χ0v) is 25.0. The van der Waals surface area contributed by atoms with E-state index in [1.54, 1.807) is 12.1 Å². The number of aliphatic hydroxyl groups excluding tert-OH is 1. The minimum absolute atomic E-state index is 0.0455. The molecule has 0 fully saturated rings. The second-order valence-corrected chi connectivity index (χ2v) is 11.2. The fourth-order valence-electron chi connectivity index (χ4n) is 5.73. The molecule has 1 atom stereocenters. The van der Waals surface area contributed by atoms with Crippen molar-refractivity contribution in [3.8, 4) is 16.9 Å². The van der Waals surface area contributed by atoms with Crippen LogP contribution in [0.1, 0.15) is 35.6 Å². The highest BCUT2D eigenvalue weighted by Crippen LogP contribution is 2.30. The number of fused-ring (bicyclic) bond motifs is 2. The number of aryl methyl sites for hydroxylation is 2. The van der Waals surface area contributed by atoms with Gasteiger partial charge in [0.2, 0.25) is 5.56 Å². The van der Waals surface area contributed by atoms with Crippen LogP contribution in [0.15, 0.2) is 95.8 Å². The quantitative estimate of drug-likeness (QED) is 0.0967. The molecule has 2 heterocycles. The number of aliphatic hydroxyl groups is 1. The van der Waals surface area contributed by atoms with E-state index >= 15 is 0 Å². The lowest BCUT2D eigenvalue weighted by atomic mass is 9.99. The number of aromatic amines is 1. The van der Waals surface area contributed by atoms with E-state index in [9.17, 15) is 24.9 Å². The van der Waals surface area contributed by atoms with Crippen LogP contribution in [0.2, 0.25) is 0 Å². The Balaban J connectivity index is 1.02. The zero-order valence-electron chi connectivity index (χ0n) is 25.0. The van der Waals surface area contributed by atoms with Crippen molar-refractivity contribution in [1.82, 2.24) is 25.3 Å². The van der Waals surface area contributed by atoms with Crippen molar-refractivity contribution in [2.24, 2.45) is 0 Å². The lowest BCUT2D eigenvalue weighted by Gasteiger charge is -2.15. The van der Waals surface area contributed by atoms with Gasteiger partial charge in [-0.05, 0) is 71.8 Å². The summed E-state index contributed by atoms with van der Waals surface area (Å²) in [6.45, 7) is 1.48. The number of nitrogens with one attached hydrogen (secondary N) is 3. The highest BCUT2D eigenvalue weighted by Gasteiger charge is 2.14. The first-order valence-electron chi connectivity index (χ1n) is 15.1. The van der Waals surface area contributed by atoms with Crippen molar-refractivity contribution in [3.63, 3.8) is 0 Å². The summed E-state index contributed by atoms with van der Waals surface area (Å²) in [5.74, 6) is -0.0455. The first kappa shape index (κ1) is 30.5. The molecule has 0 saturated heterocycles. The molecule has 2 aromatic heterocycles. The number of amides is 1. The first-order chi connectivity index (χ1) is 22.4. The van der Waals surface area contributed by atoms with E-state index in [0.717, 1.165) is 52.5 Å². The number of pyridine rings is 1. The maximum atomic E-state index is 11.7. The Morgan fingerprint density at radius 3 is 2.59 bits per heavy atom. The SMILES string of the molecule is O=C(O)Nc1cc(CCCCn2nnc3cc(CNC[C@H](O)c4ccc(O)c5[nH]c(=O)ccc45)ccc32)ccc1-c1ccccc1. The van der Waals surface area contributed by atoms with Gasteiger partial charge in [0.05, 0.1) is 22.8 Å². The van der Waals surface area contributed by atoms with Gasteiger partial charge in [-0.25, -0.2) is 9.48 Å². The molecule has 0 bridgehead atoms. The lowest BCUT2D eigenvalue weighted by molar-refractivity contribution is 0.176. The number of rotatable bonds is 12. The number of carbonyl (C=O) groups is 1. The molecule has 6 rings (SSSR count). The van der Waals surface area contributed by atoms with Crippen LogP contribution in [0.4, 0.5) is 10.5 Å². The number of aromatic nitrogens is 4. The standard InChI is InChI=1S/C35H34N6O5/c42-31-15-12-26(27-13-16-33(44)38-34(27)31)32(43)21-36-20-23-10-14-30-29(19-23)39-40-41(30)17-5-4-6-22-9-11-25(24-7-2-1-3-8-24)28(18-22)37-35(45)46/h1-3,7-16,18-19,32,36-37,42-43H,4-6,17,20-21H2,(H,38,44)(H,45,46)/t32-/m0/s1. The minimum atomic E-state index is -1.09. The van der Waals surface area contributed by atoms with Crippen LogP contribution < -0.4 is 16.2 Å². The molecular weight excluding hydrogens is 584 g/mol. The normalized spacial score (nSPS) is 12.0. The molecule has 6 N–H and O–H groups in total. The molecule has 0 unspecified atom stereocenters. The van der Waals surface area contributed by atoms with Crippen LogP contribution in [-0.4, -0.2) is 47.9 Å². The summed E-state index contributed by atoms with van der Waals surface area (Å²) in [5.41, 5.74) is 6.74. The average Bonchev–Trinajstić information content (AvgIpc) is 3.46. The number of H-pyrrole nitrogens is 1. The number of carboxylic acid groups (broad SMARTS) is 1. The highest BCUT2D eigenvalue weighted by atomic mass is 16.4. The molecule has 0 aliphatic heterocycles. The summed E-state index contributed by atoms with van der Waals surface area (Å²) in [7, 11) is 0. The van der Waals surface area contributed by atoms with Gasteiger partial charge in [-0.15, -0.1) is 5.10 Å². The summed E-state index contributed by atoms with van der Waals surface area (Å²) < 4.78 is 1.90. The van der Waals surface area contributed by atoms with E-state index in [4.69, 9.17) is 0 Å². The third-order valence-corrected chi connectivity index (χ3v) is 8.01. The molecule has 0 spiro atoms. The maximum Gasteiger partial charge on any atom is 0.409 e. The van der Waals surface area contributed by atoms with Gasteiger partial charge in [0.15, 0.2) is 0 Å². The van der Waals surface area contributed by atoms with Crippen LogP contribution in [0.3, 0.4) is 0 Å². The fourth-order valence-corrected chi connectivity index (χ4v) is 5.73. The number of anilines is 1. The van der Waals surface area contributed by atoms with Gasteiger partial charge in [0.1, 0.15) is 11.3 Å². The third kappa shape index (κ3) is 6.90. The van der Waals surface area contributed by atoms with E-state index in [1.807, 2.05) is 71.4 Å². The zero-order chi connectivity index (χ0) is 32.0. The van der Waals surface area contributed by atoms with Gasteiger partial charge in [-0.2, -0.15) is 0 Å². The molecular formula is C35H34N6O5. The van der Waals surface area contributed by atoms with Gasteiger partial charge in [0.25, 0.3) is 0 Å². The number of aromatic hydroxyl groups is 1. The van der Waals surface area contributed by atoms with Crippen LogP contribution in [0.25, 0.3) is 33.1 Å². The lowest BCUT2D eigenvalue weighted by Crippen LogP contribution is -2.21. The van der Waals surface area contributed by atoms with Crippen LogP contribution in [-0.2, 0) is 19.5 Å². The summed E-state index contributed by atoms with van der Waals surface area (Å²) >= 11 is 0. The largest absolute Gasteiger partial charge is 0.506 e. The number of benzene rings is 4. The Kier molecular flexibility index (Phi) is 9.04. The predicted octanol–water partition coefficient (Wildman–Crippen LogP) is 5.58. The van der Waals surface area contributed by atoms with Crippen LogP contribution >= 0.6 is 0 Å². The first-order valence-corrected chi connectivity index (χ1v) is 15.1. The Bertz CT molecular complexity index is 2060. The van der Waals surface area contributed by atoms with Gasteiger partial charge >= 0.3 is 6.09 Å². The van der Waals surface area contributed by atoms with E-state index in [2.05, 4.69) is 25.9 Å². The molecule has 11 heteroatoms. The Hall–Kier alpha value is -5.52. The van der Waals surface area contributed by atoms with Crippen molar-refractivity contribution in [2.75, 3.05) is 11.9 Å². The van der Waals surface area contributed by atoms with Crippen molar-refractivity contribution in [2.45, 2.75) is 38.5 Å². The van der Waals surface area contributed by atoms with E-state index in [1.165, 1.54) is 12.1 Å². The molecule has 0 aliphatic carbocycles. The van der Waals surface area contributed by atoms with Crippen LogP contribution in [0.5, 0.6) is 5.75 Å². The average molecular weight is 619 g/mol. The molecule has 1 amide bonds. The van der Waals surface area contributed by atoms with Crippen LogP contribution in [0, 0.1) is 0 Å². The molecule has 4 aromatic carbocycles. The number of phenols is 1. The van der Waals surface area contributed by atoms with Gasteiger partial charge < -0.3 is 25.6 Å². The Morgan fingerprint density at radius 1 is 0.935 bits per heavy atom. The minimum Gasteiger partial charge on any atom is -0.506 e. The number of phenolic OH excluding ortho intramolecular Hbond substituents is 1. The fraction of sp³-hybridized carbons (Fsp3) is 0.200. The van der Waals surface area contributed by atoms with E-state index in [0.29, 0.717) is 35.2 Å². The summed E-state index contributed by atoms with van der Waals surface area (Å²) in [6, 6.07) is 27.7. The summed E-state index contributed by atoms with van der Waals surface area (Å²) in [5, 5.41) is 45.4. The predicted molar refractivity (Wildman–Crippen MR) is 177 cm³/mol. The molecule has 0 aliphatic rings. The molecule has 6 aromatic rings. The van der Waals surface area contributed by atoms with Crippen molar-refractivity contribution in [1.29, 1.82) is 0 Å². The van der Waals surface area contributed by atoms with E-state index in [-0.39, 0.29) is 17.9 Å². The number of unbranched alkanes of at least 4 members (excludes halogenated alkanes) is 1. The molecule has 0 radical (unpaired) electrons.